The minimum absolute atomic E-state index is 0.0799. The summed E-state index contributed by atoms with van der Waals surface area (Å²) in [6.07, 6.45) is 13.7. The van der Waals surface area contributed by atoms with Crippen molar-refractivity contribution < 1.29 is 4.74 Å². The molecule has 0 radical (unpaired) electrons. The third-order valence-electron chi connectivity index (χ3n) is 7.84. The van der Waals surface area contributed by atoms with Crippen LogP contribution >= 0.6 is 0 Å². The molecule has 2 N–H and O–H groups in total. The smallest absolute Gasteiger partial charge is 0.119 e. The molecule has 2 aliphatic carbocycles. The maximum atomic E-state index is 6.55. The van der Waals surface area contributed by atoms with Crippen molar-refractivity contribution in [2.24, 2.45) is 11.7 Å². The fraction of sp³-hybridized carbons (Fsp3) is 0.571. The molecule has 0 saturated heterocycles. The van der Waals surface area contributed by atoms with Gasteiger partial charge in [0.05, 0.1) is 7.11 Å². The predicted octanol–water partition coefficient (Wildman–Crippen LogP) is 6.59. The van der Waals surface area contributed by atoms with Crippen molar-refractivity contribution in [3.63, 3.8) is 0 Å². The van der Waals surface area contributed by atoms with E-state index in [9.17, 15) is 0 Å². The van der Waals surface area contributed by atoms with E-state index in [1.807, 2.05) is 6.07 Å². The first kappa shape index (κ1) is 21.4. The van der Waals surface area contributed by atoms with E-state index < -0.39 is 0 Å². The zero-order valence-electron chi connectivity index (χ0n) is 19.0. The number of hydrogen-bond acceptors (Lipinski definition) is 2. The summed E-state index contributed by atoms with van der Waals surface area (Å²) < 4.78 is 5.34. The number of hydrogen-bond donors (Lipinski definition) is 1. The second-order valence-corrected chi connectivity index (χ2v) is 9.89. The molecule has 2 nitrogen and oxygen atoms in total. The van der Waals surface area contributed by atoms with E-state index in [-0.39, 0.29) is 5.54 Å². The molecule has 0 aliphatic heterocycles. The molecule has 2 aromatic rings. The second-order valence-electron chi connectivity index (χ2n) is 9.89. The van der Waals surface area contributed by atoms with Crippen LogP contribution in [-0.2, 0) is 19.3 Å². The van der Waals surface area contributed by atoms with Crippen LogP contribution in [0.25, 0.3) is 0 Å². The molecular weight excluding hydrogens is 366 g/mol. The van der Waals surface area contributed by atoms with Gasteiger partial charge in [0.15, 0.2) is 0 Å². The third kappa shape index (κ3) is 5.09. The molecular formula is C28H39NO. The van der Waals surface area contributed by atoms with Gasteiger partial charge in [-0.05, 0) is 104 Å². The summed E-state index contributed by atoms with van der Waals surface area (Å²) in [6, 6.07) is 15.9. The highest BCUT2D eigenvalue weighted by atomic mass is 16.5. The Morgan fingerprint density at radius 1 is 1.07 bits per heavy atom. The van der Waals surface area contributed by atoms with Gasteiger partial charge in [-0.15, -0.1) is 0 Å². The van der Waals surface area contributed by atoms with Gasteiger partial charge in [0, 0.05) is 5.54 Å². The molecule has 0 aromatic heterocycles. The van der Waals surface area contributed by atoms with Gasteiger partial charge < -0.3 is 10.5 Å². The summed E-state index contributed by atoms with van der Waals surface area (Å²) >= 11 is 0. The first-order valence-electron chi connectivity index (χ1n) is 12.1. The van der Waals surface area contributed by atoms with E-state index in [2.05, 4.69) is 43.3 Å². The number of aryl methyl sites for hydroxylation is 2. The molecule has 3 atom stereocenters. The lowest BCUT2D eigenvalue weighted by Gasteiger charge is -2.26. The Labute approximate surface area is 183 Å². The SMILES string of the molecule is CC[C@@]1(N)CC[C@H](c2ccc3c(c2)CC[C@H](CCCCc2cccc(OC)c2)C3)C1. The first-order chi connectivity index (χ1) is 14.6. The van der Waals surface area contributed by atoms with Crippen LogP contribution in [0.3, 0.4) is 0 Å². The second kappa shape index (κ2) is 9.56. The molecule has 0 spiro atoms. The number of unbranched alkanes of at least 4 members (excludes halogenated alkanes) is 1. The van der Waals surface area contributed by atoms with Crippen LogP contribution in [0.15, 0.2) is 42.5 Å². The lowest BCUT2D eigenvalue weighted by Crippen LogP contribution is -2.35. The molecule has 2 aliphatic rings. The van der Waals surface area contributed by atoms with Gasteiger partial charge in [0.2, 0.25) is 0 Å². The lowest BCUT2D eigenvalue weighted by atomic mass is 9.79. The Morgan fingerprint density at radius 2 is 1.97 bits per heavy atom. The van der Waals surface area contributed by atoms with Crippen molar-refractivity contribution in [2.75, 3.05) is 7.11 Å². The van der Waals surface area contributed by atoms with Crippen molar-refractivity contribution in [3.05, 3.63) is 64.7 Å². The summed E-state index contributed by atoms with van der Waals surface area (Å²) in [5.41, 5.74) is 12.8. The summed E-state index contributed by atoms with van der Waals surface area (Å²) in [4.78, 5) is 0. The third-order valence-corrected chi connectivity index (χ3v) is 7.84. The molecule has 0 heterocycles. The number of nitrogens with two attached hydrogens (primary N) is 1. The number of methoxy groups -OCH3 is 1. The van der Waals surface area contributed by atoms with E-state index in [1.54, 1.807) is 23.8 Å². The van der Waals surface area contributed by atoms with Gasteiger partial charge in [0.25, 0.3) is 0 Å². The lowest BCUT2D eigenvalue weighted by molar-refractivity contribution is 0.407. The molecule has 1 fully saturated rings. The Kier molecular flexibility index (Phi) is 6.83. The molecule has 0 unspecified atom stereocenters. The van der Waals surface area contributed by atoms with E-state index in [0.29, 0.717) is 5.92 Å². The summed E-state index contributed by atoms with van der Waals surface area (Å²) in [7, 11) is 1.74. The quantitative estimate of drug-likeness (QED) is 0.503. The molecule has 2 aromatic carbocycles. The normalized spacial score (nSPS) is 25.8. The maximum absolute atomic E-state index is 6.55. The highest BCUT2D eigenvalue weighted by Crippen LogP contribution is 2.42. The average molecular weight is 406 g/mol. The van der Waals surface area contributed by atoms with Gasteiger partial charge in [0.1, 0.15) is 5.75 Å². The van der Waals surface area contributed by atoms with Crippen LogP contribution in [0.1, 0.15) is 86.5 Å². The molecule has 0 bridgehead atoms. The van der Waals surface area contributed by atoms with Crippen molar-refractivity contribution in [1.29, 1.82) is 0 Å². The molecule has 0 amide bonds. The van der Waals surface area contributed by atoms with E-state index in [0.717, 1.165) is 30.9 Å². The van der Waals surface area contributed by atoms with Crippen LogP contribution in [0.4, 0.5) is 0 Å². The minimum atomic E-state index is 0.0799. The Hall–Kier alpha value is -1.80. The Bertz CT molecular complexity index is 844. The topological polar surface area (TPSA) is 35.2 Å². The van der Waals surface area contributed by atoms with Crippen molar-refractivity contribution >= 4 is 0 Å². The van der Waals surface area contributed by atoms with Crippen LogP contribution < -0.4 is 10.5 Å². The van der Waals surface area contributed by atoms with Gasteiger partial charge in [-0.2, -0.15) is 0 Å². The molecule has 162 valence electrons. The van der Waals surface area contributed by atoms with Crippen LogP contribution in [0, 0.1) is 5.92 Å². The maximum Gasteiger partial charge on any atom is 0.119 e. The van der Waals surface area contributed by atoms with Gasteiger partial charge >= 0.3 is 0 Å². The van der Waals surface area contributed by atoms with Gasteiger partial charge in [-0.1, -0.05) is 50.1 Å². The highest BCUT2D eigenvalue weighted by Gasteiger charge is 2.35. The Morgan fingerprint density at radius 3 is 2.77 bits per heavy atom. The minimum Gasteiger partial charge on any atom is -0.497 e. The molecule has 30 heavy (non-hydrogen) atoms. The van der Waals surface area contributed by atoms with Crippen molar-refractivity contribution in [3.8, 4) is 5.75 Å². The zero-order chi connectivity index (χ0) is 21.0. The summed E-state index contributed by atoms with van der Waals surface area (Å²) in [6.45, 7) is 2.24. The van der Waals surface area contributed by atoms with Gasteiger partial charge in [-0.25, -0.2) is 0 Å². The highest BCUT2D eigenvalue weighted by molar-refractivity contribution is 5.36. The number of fused-ring (bicyclic) bond motifs is 1. The van der Waals surface area contributed by atoms with Crippen LogP contribution in [0.2, 0.25) is 0 Å². The number of rotatable bonds is 8. The van der Waals surface area contributed by atoms with Crippen molar-refractivity contribution in [2.45, 2.75) is 89.0 Å². The molecule has 1 saturated carbocycles. The summed E-state index contributed by atoms with van der Waals surface area (Å²) in [5.74, 6) is 2.51. The zero-order valence-corrected chi connectivity index (χ0v) is 19.0. The molecule has 2 heteroatoms. The van der Waals surface area contributed by atoms with E-state index in [1.165, 1.54) is 56.9 Å². The van der Waals surface area contributed by atoms with E-state index in [4.69, 9.17) is 10.5 Å². The predicted molar refractivity (Wildman–Crippen MR) is 126 cm³/mol. The average Bonchev–Trinajstić information content (AvgIpc) is 3.19. The summed E-state index contributed by atoms with van der Waals surface area (Å²) in [5, 5.41) is 0. The Balaban J connectivity index is 1.26. The molecule has 4 rings (SSSR count). The first-order valence-corrected chi connectivity index (χ1v) is 12.1. The van der Waals surface area contributed by atoms with Crippen molar-refractivity contribution in [1.82, 2.24) is 0 Å². The standard InChI is InChI=1S/C28H39NO/c1-3-28(29)16-15-26(20-28)25-14-13-23-17-22(11-12-24(23)19-25)8-5-4-7-21-9-6-10-27(18-21)30-2/h6,9-10,13-14,18-19,22,26H,3-5,7-8,11-12,15-17,20,29H2,1-2H3/t22-,26-,28+/m0/s1. The largest absolute Gasteiger partial charge is 0.497 e. The van der Waals surface area contributed by atoms with Gasteiger partial charge in [-0.3, -0.25) is 0 Å². The number of ether oxygens (including phenoxy) is 1. The monoisotopic (exact) mass is 405 g/mol. The van der Waals surface area contributed by atoms with Crippen LogP contribution in [-0.4, -0.2) is 12.6 Å². The fourth-order valence-electron chi connectivity index (χ4n) is 5.70. The van der Waals surface area contributed by atoms with E-state index >= 15 is 0 Å². The number of benzene rings is 2. The fourth-order valence-corrected chi connectivity index (χ4v) is 5.70. The van der Waals surface area contributed by atoms with Crippen LogP contribution in [0.5, 0.6) is 5.75 Å².